The maximum absolute atomic E-state index is 12.9. The van der Waals surface area contributed by atoms with Crippen LogP contribution in [0.1, 0.15) is 18.4 Å². The molecule has 0 unspecified atom stereocenters. The third kappa shape index (κ3) is 3.28. The van der Waals surface area contributed by atoms with Crippen LogP contribution in [0, 0.1) is 6.92 Å². The van der Waals surface area contributed by atoms with Gasteiger partial charge in [0.2, 0.25) is 0 Å². The zero-order valence-corrected chi connectivity index (χ0v) is 17.1. The van der Waals surface area contributed by atoms with Crippen LogP contribution in [-0.4, -0.2) is 69.2 Å². The number of aromatic amines is 1. The normalized spacial score (nSPS) is 21.7. The number of aromatic nitrogens is 4. The zero-order valence-electron chi connectivity index (χ0n) is 17.1. The summed E-state index contributed by atoms with van der Waals surface area (Å²) in [7, 11) is 1.90. The predicted molar refractivity (Wildman–Crippen MR) is 111 cm³/mol. The summed E-state index contributed by atoms with van der Waals surface area (Å²) in [5.74, 6) is 0. The Bertz CT molecular complexity index is 1080. The lowest BCUT2D eigenvalue weighted by molar-refractivity contribution is -0.0132. The molecule has 0 aromatic carbocycles. The fraction of sp³-hybridized carbons (Fsp3) is 0.476. The number of aryl methyl sites for hydroxylation is 2. The van der Waals surface area contributed by atoms with Gasteiger partial charge in [-0.15, -0.1) is 0 Å². The number of nitrogens with one attached hydrogen (secondary N) is 1. The van der Waals surface area contributed by atoms with Gasteiger partial charge in [0.05, 0.1) is 11.9 Å². The van der Waals surface area contributed by atoms with Gasteiger partial charge in [0.15, 0.2) is 0 Å². The van der Waals surface area contributed by atoms with Crippen molar-refractivity contribution in [3.8, 4) is 11.3 Å². The monoisotopic (exact) mass is 412 g/mol. The molecule has 2 aliphatic rings. The molecule has 8 nitrogen and oxygen atoms in total. The number of alkyl halides is 1. The molecule has 0 atom stereocenters. The summed E-state index contributed by atoms with van der Waals surface area (Å²) in [5.41, 5.74) is 5.13. The summed E-state index contributed by atoms with van der Waals surface area (Å²) in [4.78, 5) is 24.3. The number of pyridine rings is 1. The molecule has 158 valence electrons. The van der Waals surface area contributed by atoms with Crippen molar-refractivity contribution in [3.63, 3.8) is 0 Å². The molecule has 9 heteroatoms. The molecule has 30 heavy (non-hydrogen) atoms. The van der Waals surface area contributed by atoms with Gasteiger partial charge in [0.1, 0.15) is 17.9 Å². The van der Waals surface area contributed by atoms with E-state index in [1.807, 2.05) is 31.7 Å². The minimum Gasteiger partial charge on any atom is -0.446 e. The second-order valence-electron chi connectivity index (χ2n) is 8.13. The first-order valence-corrected chi connectivity index (χ1v) is 10.3. The summed E-state index contributed by atoms with van der Waals surface area (Å²) < 4.78 is 20.1. The number of ether oxygens (including phenoxy) is 1. The number of nitrogens with zero attached hydrogens (tertiary/aromatic N) is 5. The second kappa shape index (κ2) is 7.30. The zero-order chi connectivity index (χ0) is 20.8. The highest BCUT2D eigenvalue weighted by Crippen LogP contribution is 2.35. The van der Waals surface area contributed by atoms with Crippen LogP contribution in [0.4, 0.5) is 14.9 Å². The van der Waals surface area contributed by atoms with E-state index in [1.54, 1.807) is 9.58 Å². The van der Waals surface area contributed by atoms with Crippen molar-refractivity contribution < 1.29 is 13.9 Å². The summed E-state index contributed by atoms with van der Waals surface area (Å²) in [6.07, 6.45) is 4.87. The van der Waals surface area contributed by atoms with E-state index in [1.165, 1.54) is 0 Å². The Labute approximate surface area is 173 Å². The Morgan fingerprint density at radius 3 is 2.70 bits per heavy atom. The Morgan fingerprint density at radius 1 is 1.27 bits per heavy atom. The highest BCUT2D eigenvalue weighted by molar-refractivity contribution is 5.97. The molecule has 0 radical (unpaired) electrons. The van der Waals surface area contributed by atoms with Crippen molar-refractivity contribution >= 4 is 22.8 Å². The van der Waals surface area contributed by atoms with Gasteiger partial charge in [-0.2, -0.15) is 5.10 Å². The maximum Gasteiger partial charge on any atom is 0.410 e. The van der Waals surface area contributed by atoms with Gasteiger partial charge in [-0.25, -0.2) is 14.2 Å². The molecule has 5 rings (SSSR count). The average Bonchev–Trinajstić information content (AvgIpc) is 3.30. The van der Waals surface area contributed by atoms with Gasteiger partial charge in [-0.05, 0) is 18.6 Å². The van der Waals surface area contributed by atoms with E-state index in [0.29, 0.717) is 39.0 Å². The number of rotatable bonds is 3. The first-order valence-electron chi connectivity index (χ1n) is 10.3. The first kappa shape index (κ1) is 18.9. The SMILES string of the molecule is Cc1c(-c2cnn(C)c2)[nH]c2nccc(N3CCN(C(=O)O[C@H]4C[C@H](F)C4)CC3)c12. The largest absolute Gasteiger partial charge is 0.446 e. The van der Waals surface area contributed by atoms with Crippen molar-refractivity contribution in [3.05, 3.63) is 30.2 Å². The van der Waals surface area contributed by atoms with Crippen LogP contribution >= 0.6 is 0 Å². The van der Waals surface area contributed by atoms with E-state index in [2.05, 4.69) is 26.9 Å². The molecule has 3 aromatic rings. The lowest BCUT2D eigenvalue weighted by Gasteiger charge is -2.37. The standard InChI is InChI=1S/C21H25FN6O2/c1-13-18-17(3-4-23-20(18)25-19(13)14-11-24-26(2)12-14)27-5-7-28(8-6-27)21(29)30-16-9-15(22)10-16/h3-4,11-12,15-16H,5-10H2,1-2H3,(H,23,25)/t15-,16-. The lowest BCUT2D eigenvalue weighted by atomic mass is 9.94. The van der Waals surface area contributed by atoms with Crippen LogP contribution in [0.2, 0.25) is 0 Å². The molecule has 1 aliphatic heterocycles. The average molecular weight is 412 g/mol. The molecule has 1 amide bonds. The number of carbonyl (C=O) groups is 1. The molecular weight excluding hydrogens is 387 g/mol. The molecule has 1 saturated carbocycles. The second-order valence-corrected chi connectivity index (χ2v) is 8.13. The number of anilines is 1. The Morgan fingerprint density at radius 2 is 2.03 bits per heavy atom. The van der Waals surface area contributed by atoms with Gasteiger partial charge >= 0.3 is 6.09 Å². The van der Waals surface area contributed by atoms with Crippen molar-refractivity contribution in [2.24, 2.45) is 7.05 Å². The summed E-state index contributed by atoms with van der Waals surface area (Å²) in [6.45, 7) is 4.66. The molecule has 3 aromatic heterocycles. The number of piperazine rings is 1. The highest BCUT2D eigenvalue weighted by atomic mass is 19.1. The third-order valence-corrected chi connectivity index (χ3v) is 6.10. The Balaban J connectivity index is 1.33. The van der Waals surface area contributed by atoms with Crippen molar-refractivity contribution in [1.82, 2.24) is 24.6 Å². The molecule has 0 bridgehead atoms. The van der Waals surface area contributed by atoms with E-state index in [9.17, 15) is 9.18 Å². The number of amides is 1. The molecule has 0 spiro atoms. The van der Waals surface area contributed by atoms with Crippen molar-refractivity contribution in [2.75, 3.05) is 31.1 Å². The van der Waals surface area contributed by atoms with E-state index in [0.717, 1.165) is 33.5 Å². The van der Waals surface area contributed by atoms with Gasteiger partial charge in [0.25, 0.3) is 0 Å². The summed E-state index contributed by atoms with van der Waals surface area (Å²) in [5, 5.41) is 5.37. The van der Waals surface area contributed by atoms with E-state index < -0.39 is 6.17 Å². The smallest absolute Gasteiger partial charge is 0.410 e. The number of hydrogen-bond donors (Lipinski definition) is 1. The summed E-state index contributed by atoms with van der Waals surface area (Å²) in [6, 6.07) is 2.03. The number of halogens is 1. The van der Waals surface area contributed by atoms with Crippen LogP contribution in [0.5, 0.6) is 0 Å². The number of fused-ring (bicyclic) bond motifs is 1. The molecular formula is C21H25FN6O2. The maximum atomic E-state index is 12.9. The third-order valence-electron chi connectivity index (χ3n) is 6.10. The van der Waals surface area contributed by atoms with E-state index >= 15 is 0 Å². The van der Waals surface area contributed by atoms with Gasteiger partial charge in [0, 0.05) is 75.1 Å². The van der Waals surface area contributed by atoms with Crippen LogP contribution in [0.25, 0.3) is 22.3 Å². The number of carbonyl (C=O) groups excluding carboxylic acids is 1. The lowest BCUT2D eigenvalue weighted by Crippen LogP contribution is -2.50. The Kier molecular flexibility index (Phi) is 4.60. The molecule has 2 fully saturated rings. The topological polar surface area (TPSA) is 79.3 Å². The molecule has 1 saturated heterocycles. The molecule has 1 N–H and O–H groups in total. The van der Waals surface area contributed by atoms with Crippen LogP contribution in [-0.2, 0) is 11.8 Å². The quantitative estimate of drug-likeness (QED) is 0.715. The van der Waals surface area contributed by atoms with E-state index in [4.69, 9.17) is 4.74 Å². The summed E-state index contributed by atoms with van der Waals surface area (Å²) >= 11 is 0. The molecule has 1 aliphatic carbocycles. The fourth-order valence-electron chi connectivity index (χ4n) is 4.30. The first-order chi connectivity index (χ1) is 14.5. The highest BCUT2D eigenvalue weighted by Gasteiger charge is 2.34. The predicted octanol–water partition coefficient (Wildman–Crippen LogP) is 3.03. The van der Waals surface area contributed by atoms with Gasteiger partial charge < -0.3 is 19.5 Å². The van der Waals surface area contributed by atoms with Crippen molar-refractivity contribution in [2.45, 2.75) is 32.0 Å². The van der Waals surface area contributed by atoms with Gasteiger partial charge in [-0.3, -0.25) is 4.68 Å². The minimum absolute atomic E-state index is 0.265. The number of hydrogen-bond acceptors (Lipinski definition) is 5. The fourth-order valence-corrected chi connectivity index (χ4v) is 4.30. The van der Waals surface area contributed by atoms with E-state index in [-0.39, 0.29) is 12.2 Å². The van der Waals surface area contributed by atoms with Crippen molar-refractivity contribution in [1.29, 1.82) is 0 Å². The van der Waals surface area contributed by atoms with Gasteiger partial charge in [-0.1, -0.05) is 0 Å². The molecule has 4 heterocycles. The minimum atomic E-state index is -0.824. The number of H-pyrrole nitrogens is 1. The Hall–Kier alpha value is -3.10. The van der Waals surface area contributed by atoms with Crippen LogP contribution < -0.4 is 4.90 Å². The van der Waals surface area contributed by atoms with Crippen LogP contribution in [0.3, 0.4) is 0 Å². The van der Waals surface area contributed by atoms with Crippen LogP contribution in [0.15, 0.2) is 24.7 Å².